The summed E-state index contributed by atoms with van der Waals surface area (Å²) in [5, 5.41) is 2.81. The molecule has 4 nitrogen and oxygen atoms in total. The van der Waals surface area contributed by atoms with Crippen molar-refractivity contribution in [3.8, 4) is 5.75 Å². The van der Waals surface area contributed by atoms with Crippen molar-refractivity contribution in [2.45, 2.75) is 26.3 Å². The summed E-state index contributed by atoms with van der Waals surface area (Å²) in [7, 11) is 1.57. The molecule has 0 aliphatic rings. The molecule has 106 valence electrons. The summed E-state index contributed by atoms with van der Waals surface area (Å²) in [5.41, 5.74) is 1.67. The molecule has 1 aromatic carbocycles. The standard InChI is InChI=1S/C16H19NO3/c1-11(2)12-6-7-14(15(9-12)19-3)16(18)17-10-13-5-4-8-20-13/h4-9,11H,10H2,1-3H3,(H,17,18). The molecule has 0 unspecified atom stereocenters. The lowest BCUT2D eigenvalue weighted by Gasteiger charge is -2.12. The normalized spacial score (nSPS) is 10.6. The maximum atomic E-state index is 12.2. The van der Waals surface area contributed by atoms with E-state index in [-0.39, 0.29) is 5.91 Å². The lowest BCUT2D eigenvalue weighted by Crippen LogP contribution is -2.23. The van der Waals surface area contributed by atoms with Crippen molar-refractivity contribution in [3.05, 3.63) is 53.5 Å². The minimum absolute atomic E-state index is 0.173. The summed E-state index contributed by atoms with van der Waals surface area (Å²) in [6, 6.07) is 9.27. The van der Waals surface area contributed by atoms with Crippen molar-refractivity contribution >= 4 is 5.91 Å². The summed E-state index contributed by atoms with van der Waals surface area (Å²) >= 11 is 0. The number of benzene rings is 1. The highest BCUT2D eigenvalue weighted by atomic mass is 16.5. The third kappa shape index (κ3) is 3.20. The summed E-state index contributed by atoms with van der Waals surface area (Å²) < 4.78 is 10.5. The van der Waals surface area contributed by atoms with E-state index in [0.29, 0.717) is 23.8 Å². The third-order valence-corrected chi connectivity index (χ3v) is 3.14. The first-order valence-corrected chi connectivity index (χ1v) is 6.60. The first kappa shape index (κ1) is 14.2. The van der Waals surface area contributed by atoms with Crippen LogP contribution < -0.4 is 10.1 Å². The van der Waals surface area contributed by atoms with E-state index in [1.807, 2.05) is 18.2 Å². The van der Waals surface area contributed by atoms with Crippen molar-refractivity contribution < 1.29 is 13.9 Å². The minimum Gasteiger partial charge on any atom is -0.496 e. The number of ether oxygens (including phenoxy) is 1. The smallest absolute Gasteiger partial charge is 0.255 e. The Morgan fingerprint density at radius 3 is 2.75 bits per heavy atom. The van der Waals surface area contributed by atoms with Gasteiger partial charge in [-0.15, -0.1) is 0 Å². The first-order chi connectivity index (χ1) is 9.61. The Bertz CT molecular complexity index is 573. The fourth-order valence-corrected chi connectivity index (χ4v) is 1.93. The number of methoxy groups -OCH3 is 1. The molecule has 0 bridgehead atoms. The van der Waals surface area contributed by atoms with E-state index < -0.39 is 0 Å². The van der Waals surface area contributed by atoms with E-state index in [4.69, 9.17) is 9.15 Å². The zero-order valence-corrected chi connectivity index (χ0v) is 12.0. The molecule has 0 radical (unpaired) electrons. The minimum atomic E-state index is -0.173. The molecule has 2 rings (SSSR count). The van der Waals surface area contributed by atoms with Crippen LogP contribution in [0.4, 0.5) is 0 Å². The lowest BCUT2D eigenvalue weighted by atomic mass is 10.0. The Morgan fingerprint density at radius 1 is 1.35 bits per heavy atom. The van der Waals surface area contributed by atoms with Crippen LogP contribution >= 0.6 is 0 Å². The van der Waals surface area contributed by atoms with Gasteiger partial charge in [-0.3, -0.25) is 4.79 Å². The molecule has 1 heterocycles. The van der Waals surface area contributed by atoms with E-state index in [9.17, 15) is 4.79 Å². The van der Waals surface area contributed by atoms with Gasteiger partial charge in [0.2, 0.25) is 0 Å². The largest absolute Gasteiger partial charge is 0.496 e. The fourth-order valence-electron chi connectivity index (χ4n) is 1.93. The van der Waals surface area contributed by atoms with E-state index in [1.165, 1.54) is 0 Å². The molecule has 0 aliphatic carbocycles. The molecule has 0 atom stereocenters. The number of rotatable bonds is 5. The van der Waals surface area contributed by atoms with Crippen LogP contribution in [0, 0.1) is 0 Å². The quantitative estimate of drug-likeness (QED) is 0.909. The SMILES string of the molecule is COc1cc(C(C)C)ccc1C(=O)NCc1ccco1. The van der Waals surface area contributed by atoms with Crippen LogP contribution in [0.3, 0.4) is 0 Å². The van der Waals surface area contributed by atoms with Gasteiger partial charge in [-0.25, -0.2) is 0 Å². The number of amides is 1. The molecule has 1 aromatic heterocycles. The first-order valence-electron chi connectivity index (χ1n) is 6.60. The molecule has 0 saturated carbocycles. The van der Waals surface area contributed by atoms with Gasteiger partial charge in [-0.1, -0.05) is 19.9 Å². The Labute approximate surface area is 118 Å². The van der Waals surface area contributed by atoms with Crippen LogP contribution in [0.25, 0.3) is 0 Å². The summed E-state index contributed by atoms with van der Waals surface area (Å²) in [6.07, 6.45) is 1.58. The number of carbonyl (C=O) groups excluding carboxylic acids is 1. The van der Waals surface area contributed by atoms with Gasteiger partial charge in [-0.2, -0.15) is 0 Å². The number of carbonyl (C=O) groups is 1. The summed E-state index contributed by atoms with van der Waals surface area (Å²) in [5.74, 6) is 1.53. The second-order valence-electron chi connectivity index (χ2n) is 4.88. The van der Waals surface area contributed by atoms with Crippen molar-refractivity contribution in [2.24, 2.45) is 0 Å². The van der Waals surface area contributed by atoms with Gasteiger partial charge in [0.25, 0.3) is 5.91 Å². The molecule has 2 aromatic rings. The topological polar surface area (TPSA) is 51.5 Å². The fraction of sp³-hybridized carbons (Fsp3) is 0.312. The zero-order valence-electron chi connectivity index (χ0n) is 12.0. The molecule has 1 amide bonds. The lowest BCUT2D eigenvalue weighted by molar-refractivity contribution is 0.0945. The molecule has 0 fully saturated rings. The molecule has 1 N–H and O–H groups in total. The Balaban J connectivity index is 2.12. The van der Waals surface area contributed by atoms with Crippen LogP contribution in [0.1, 0.15) is 41.4 Å². The van der Waals surface area contributed by atoms with Gasteiger partial charge < -0.3 is 14.5 Å². The van der Waals surface area contributed by atoms with E-state index >= 15 is 0 Å². The highest BCUT2D eigenvalue weighted by Gasteiger charge is 2.14. The molecule has 4 heteroatoms. The highest BCUT2D eigenvalue weighted by molar-refractivity contribution is 5.97. The average molecular weight is 273 g/mol. The van der Waals surface area contributed by atoms with Crippen LogP contribution in [0.2, 0.25) is 0 Å². The second-order valence-corrected chi connectivity index (χ2v) is 4.88. The molecule has 20 heavy (non-hydrogen) atoms. The third-order valence-electron chi connectivity index (χ3n) is 3.14. The average Bonchev–Trinajstić information content (AvgIpc) is 2.97. The predicted molar refractivity (Wildman–Crippen MR) is 77.0 cm³/mol. The van der Waals surface area contributed by atoms with Crippen LogP contribution in [0.5, 0.6) is 5.75 Å². The maximum Gasteiger partial charge on any atom is 0.255 e. The summed E-state index contributed by atoms with van der Waals surface area (Å²) in [4.78, 5) is 12.2. The van der Waals surface area contributed by atoms with E-state index in [1.54, 1.807) is 25.5 Å². The van der Waals surface area contributed by atoms with Crippen molar-refractivity contribution in [1.29, 1.82) is 0 Å². The van der Waals surface area contributed by atoms with Gasteiger partial charge in [0.05, 0.1) is 25.5 Å². The predicted octanol–water partition coefficient (Wildman–Crippen LogP) is 3.34. The number of hydrogen-bond acceptors (Lipinski definition) is 3. The van der Waals surface area contributed by atoms with Gasteiger partial charge in [-0.05, 0) is 35.7 Å². The van der Waals surface area contributed by atoms with Gasteiger partial charge in [0.1, 0.15) is 11.5 Å². The molecular formula is C16H19NO3. The number of hydrogen-bond donors (Lipinski definition) is 1. The van der Waals surface area contributed by atoms with Gasteiger partial charge in [0, 0.05) is 0 Å². The number of furan rings is 1. The van der Waals surface area contributed by atoms with Gasteiger partial charge in [0.15, 0.2) is 0 Å². The van der Waals surface area contributed by atoms with E-state index in [0.717, 1.165) is 11.3 Å². The zero-order chi connectivity index (χ0) is 14.5. The molecule has 0 saturated heterocycles. The highest BCUT2D eigenvalue weighted by Crippen LogP contribution is 2.24. The number of nitrogens with one attached hydrogen (secondary N) is 1. The van der Waals surface area contributed by atoms with Crippen molar-refractivity contribution in [1.82, 2.24) is 5.32 Å². The molecular weight excluding hydrogens is 254 g/mol. The van der Waals surface area contributed by atoms with E-state index in [2.05, 4.69) is 19.2 Å². The Hall–Kier alpha value is -2.23. The van der Waals surface area contributed by atoms with Crippen molar-refractivity contribution in [3.63, 3.8) is 0 Å². The van der Waals surface area contributed by atoms with Crippen LogP contribution in [-0.2, 0) is 6.54 Å². The van der Waals surface area contributed by atoms with Crippen LogP contribution in [0.15, 0.2) is 41.0 Å². The second kappa shape index (κ2) is 6.28. The Morgan fingerprint density at radius 2 is 2.15 bits per heavy atom. The van der Waals surface area contributed by atoms with Crippen LogP contribution in [-0.4, -0.2) is 13.0 Å². The molecule has 0 spiro atoms. The maximum absolute atomic E-state index is 12.2. The monoisotopic (exact) mass is 273 g/mol. The Kier molecular flexibility index (Phi) is 4.45. The molecule has 0 aliphatic heterocycles. The van der Waals surface area contributed by atoms with Crippen molar-refractivity contribution in [2.75, 3.05) is 7.11 Å². The van der Waals surface area contributed by atoms with Gasteiger partial charge >= 0.3 is 0 Å². The summed E-state index contributed by atoms with van der Waals surface area (Å²) in [6.45, 7) is 4.57.